The molecule has 13 heteroatoms. The maximum absolute atomic E-state index is 14.5. The Bertz CT molecular complexity index is 1270. The van der Waals surface area contributed by atoms with E-state index in [-0.39, 0.29) is 42.5 Å². The molecule has 2 amide bonds. The fourth-order valence-electron chi connectivity index (χ4n) is 3.74. The summed E-state index contributed by atoms with van der Waals surface area (Å²) >= 11 is 0. The van der Waals surface area contributed by atoms with Gasteiger partial charge in [-0.1, -0.05) is 30.3 Å². The van der Waals surface area contributed by atoms with Gasteiger partial charge in [-0.2, -0.15) is 13.2 Å². The number of hydrogen-bond acceptors (Lipinski definition) is 6. The summed E-state index contributed by atoms with van der Waals surface area (Å²) < 4.78 is 58.7. The van der Waals surface area contributed by atoms with Gasteiger partial charge < -0.3 is 20.3 Å². The van der Waals surface area contributed by atoms with Crippen LogP contribution in [-0.2, 0) is 11.3 Å². The van der Waals surface area contributed by atoms with Gasteiger partial charge in [0, 0.05) is 26.1 Å². The fourth-order valence-corrected chi connectivity index (χ4v) is 3.74. The Labute approximate surface area is 209 Å². The zero-order valence-corrected chi connectivity index (χ0v) is 19.8. The van der Waals surface area contributed by atoms with Crippen LogP contribution in [-0.4, -0.2) is 59.0 Å². The SMILES string of the molecule is CN1C(=O)[C@@H](NC(=O)c2ncn(Cc3ccccc3)n2)COc2cc(F)c(NCCCC(F)(F)F)cc21. The highest BCUT2D eigenvalue weighted by Crippen LogP contribution is 2.35. The molecule has 196 valence electrons. The quantitative estimate of drug-likeness (QED) is 0.349. The highest BCUT2D eigenvalue weighted by atomic mass is 19.4. The monoisotopic (exact) mass is 520 g/mol. The Morgan fingerprint density at radius 2 is 1.97 bits per heavy atom. The molecule has 1 aliphatic rings. The molecule has 0 radical (unpaired) electrons. The van der Waals surface area contributed by atoms with Crippen molar-refractivity contribution in [1.82, 2.24) is 20.1 Å². The van der Waals surface area contributed by atoms with Crippen LogP contribution in [0.2, 0.25) is 0 Å². The van der Waals surface area contributed by atoms with E-state index in [1.165, 1.54) is 29.0 Å². The van der Waals surface area contributed by atoms with E-state index in [9.17, 15) is 27.2 Å². The van der Waals surface area contributed by atoms with Crippen molar-refractivity contribution in [3.63, 3.8) is 0 Å². The van der Waals surface area contributed by atoms with Crippen molar-refractivity contribution in [2.75, 3.05) is 30.4 Å². The number of anilines is 2. The summed E-state index contributed by atoms with van der Waals surface area (Å²) in [5.74, 6) is -2.06. The number of ether oxygens (including phenoxy) is 1. The van der Waals surface area contributed by atoms with E-state index < -0.39 is 36.3 Å². The second kappa shape index (κ2) is 10.8. The lowest BCUT2D eigenvalue weighted by atomic mass is 10.2. The number of nitrogens with zero attached hydrogens (tertiary/aromatic N) is 4. The first-order valence-corrected chi connectivity index (χ1v) is 11.4. The highest BCUT2D eigenvalue weighted by molar-refractivity contribution is 6.02. The predicted octanol–water partition coefficient (Wildman–Crippen LogP) is 3.37. The Morgan fingerprint density at radius 1 is 1.22 bits per heavy atom. The van der Waals surface area contributed by atoms with Crippen molar-refractivity contribution in [2.45, 2.75) is 31.6 Å². The molecule has 1 aromatic heterocycles. The Hall–Kier alpha value is -4.16. The smallest absolute Gasteiger partial charge is 0.389 e. The third-order valence-corrected chi connectivity index (χ3v) is 5.63. The minimum Gasteiger partial charge on any atom is -0.489 e. The molecule has 0 unspecified atom stereocenters. The van der Waals surface area contributed by atoms with Crippen molar-refractivity contribution in [2.24, 2.45) is 0 Å². The van der Waals surface area contributed by atoms with Crippen molar-refractivity contribution < 1.29 is 31.9 Å². The second-order valence-corrected chi connectivity index (χ2v) is 8.43. The number of amides is 2. The third kappa shape index (κ3) is 6.54. The predicted molar refractivity (Wildman–Crippen MR) is 126 cm³/mol. The number of alkyl halides is 3. The number of rotatable bonds is 8. The molecular weight excluding hydrogens is 496 g/mol. The summed E-state index contributed by atoms with van der Waals surface area (Å²) in [5, 5.41) is 9.31. The first kappa shape index (κ1) is 25.9. The van der Waals surface area contributed by atoms with Crippen molar-refractivity contribution in [1.29, 1.82) is 0 Å². The van der Waals surface area contributed by atoms with Gasteiger partial charge in [0.1, 0.15) is 30.5 Å². The number of carbonyl (C=O) groups is 2. The molecule has 0 bridgehead atoms. The lowest BCUT2D eigenvalue weighted by Gasteiger charge is -2.21. The van der Waals surface area contributed by atoms with Crippen LogP contribution in [0.15, 0.2) is 48.8 Å². The maximum Gasteiger partial charge on any atom is 0.389 e. The largest absolute Gasteiger partial charge is 0.489 e. The van der Waals surface area contributed by atoms with E-state index in [0.29, 0.717) is 6.54 Å². The van der Waals surface area contributed by atoms with E-state index in [0.717, 1.165) is 11.6 Å². The van der Waals surface area contributed by atoms with Gasteiger partial charge >= 0.3 is 6.18 Å². The molecule has 2 aromatic carbocycles. The van der Waals surface area contributed by atoms with Crippen molar-refractivity contribution >= 4 is 23.2 Å². The van der Waals surface area contributed by atoms with E-state index in [2.05, 4.69) is 20.7 Å². The molecule has 4 rings (SSSR count). The van der Waals surface area contributed by atoms with Crippen LogP contribution in [0.25, 0.3) is 0 Å². The number of likely N-dealkylation sites (N-methyl/N-ethyl adjacent to an activating group) is 1. The minimum atomic E-state index is -4.30. The van der Waals surface area contributed by atoms with Crippen molar-refractivity contribution in [3.05, 3.63) is 66.0 Å². The summed E-state index contributed by atoms with van der Waals surface area (Å²) in [7, 11) is 1.42. The Morgan fingerprint density at radius 3 is 2.70 bits per heavy atom. The lowest BCUT2D eigenvalue weighted by Crippen LogP contribution is -2.49. The molecule has 3 aromatic rings. The molecule has 0 fully saturated rings. The van der Waals surface area contributed by atoms with E-state index in [1.807, 2.05) is 30.3 Å². The van der Waals surface area contributed by atoms with E-state index in [4.69, 9.17) is 4.74 Å². The number of carbonyl (C=O) groups excluding carboxylic acids is 2. The molecule has 0 spiro atoms. The maximum atomic E-state index is 14.5. The van der Waals surface area contributed by atoms with Crippen LogP contribution in [0.3, 0.4) is 0 Å². The molecule has 0 aliphatic carbocycles. The molecule has 2 N–H and O–H groups in total. The Kier molecular flexibility index (Phi) is 7.60. The second-order valence-electron chi connectivity index (χ2n) is 8.43. The summed E-state index contributed by atoms with van der Waals surface area (Å²) in [4.78, 5) is 30.9. The zero-order chi connectivity index (χ0) is 26.6. The average Bonchev–Trinajstić information content (AvgIpc) is 3.29. The van der Waals surface area contributed by atoms with Gasteiger partial charge in [0.2, 0.25) is 5.82 Å². The molecule has 37 heavy (non-hydrogen) atoms. The van der Waals surface area contributed by atoms with Gasteiger partial charge in [0.15, 0.2) is 0 Å². The highest BCUT2D eigenvalue weighted by Gasteiger charge is 2.32. The number of nitrogens with one attached hydrogen (secondary N) is 2. The van der Waals surface area contributed by atoms with Gasteiger partial charge in [-0.05, 0) is 18.1 Å². The number of benzene rings is 2. The van der Waals surface area contributed by atoms with Crippen LogP contribution < -0.4 is 20.3 Å². The summed E-state index contributed by atoms with van der Waals surface area (Å²) in [6.45, 7) is 0.0174. The summed E-state index contributed by atoms with van der Waals surface area (Å²) in [5.41, 5.74) is 1.10. The van der Waals surface area contributed by atoms with Crippen LogP contribution >= 0.6 is 0 Å². The summed E-state index contributed by atoms with van der Waals surface area (Å²) in [6.07, 6.45) is -4.14. The van der Waals surface area contributed by atoms with Crippen LogP contribution in [0.5, 0.6) is 5.75 Å². The van der Waals surface area contributed by atoms with Gasteiger partial charge in [0.25, 0.3) is 11.8 Å². The zero-order valence-electron chi connectivity index (χ0n) is 19.8. The minimum absolute atomic E-state index is 0.0520. The molecule has 1 atom stereocenters. The topological polar surface area (TPSA) is 101 Å². The van der Waals surface area contributed by atoms with E-state index >= 15 is 0 Å². The fraction of sp³-hybridized carbons (Fsp3) is 0.333. The van der Waals surface area contributed by atoms with Crippen LogP contribution in [0.4, 0.5) is 28.9 Å². The first-order chi connectivity index (χ1) is 17.6. The Balaban J connectivity index is 1.40. The third-order valence-electron chi connectivity index (χ3n) is 5.63. The molecule has 9 nitrogen and oxygen atoms in total. The van der Waals surface area contributed by atoms with Gasteiger partial charge in [-0.3, -0.25) is 9.59 Å². The van der Waals surface area contributed by atoms with Crippen LogP contribution in [0.1, 0.15) is 29.0 Å². The molecule has 1 aliphatic heterocycles. The molecule has 0 saturated heterocycles. The van der Waals surface area contributed by atoms with Gasteiger partial charge in [-0.25, -0.2) is 14.1 Å². The summed E-state index contributed by atoms with van der Waals surface area (Å²) in [6, 6.07) is 10.7. The van der Waals surface area contributed by atoms with Gasteiger partial charge in [-0.15, -0.1) is 5.10 Å². The first-order valence-electron chi connectivity index (χ1n) is 11.4. The number of hydrogen-bond donors (Lipinski definition) is 2. The lowest BCUT2D eigenvalue weighted by molar-refractivity contribution is -0.134. The molecule has 2 heterocycles. The van der Waals surface area contributed by atoms with Crippen LogP contribution in [0, 0.1) is 5.82 Å². The average molecular weight is 520 g/mol. The normalized spacial score (nSPS) is 15.5. The van der Waals surface area contributed by atoms with E-state index in [1.54, 1.807) is 0 Å². The standard InChI is InChI=1S/C24H24F4N6O3/c1-33-19-11-17(29-9-5-8-24(26,27)28)16(25)10-20(19)37-13-18(23(33)36)31-22(35)21-30-14-34(32-21)12-15-6-3-2-4-7-15/h2-4,6-7,10-11,14,18,29H,5,8-9,12-13H2,1H3,(H,31,35)/t18-/m0/s1. The number of halogens is 4. The molecular formula is C24H24F4N6O3. The van der Waals surface area contributed by atoms with Gasteiger partial charge in [0.05, 0.1) is 17.9 Å². The molecule has 0 saturated carbocycles. The van der Waals surface area contributed by atoms with Crippen molar-refractivity contribution in [3.8, 4) is 5.75 Å². The number of fused-ring (bicyclic) bond motifs is 1. The number of aromatic nitrogens is 3.